The molecule has 0 bridgehead atoms. The lowest BCUT2D eigenvalue weighted by Crippen LogP contribution is -2.10. The number of halogens is 3. The molecule has 1 saturated carbocycles. The number of benzene rings is 4. The van der Waals surface area contributed by atoms with Gasteiger partial charge in [-0.1, -0.05) is 107 Å². The van der Waals surface area contributed by atoms with Gasteiger partial charge in [-0.05, 0) is 177 Å². The minimum Gasteiger partial charge on any atom is -0.385 e. The number of imidazole rings is 4. The number of rotatable bonds is 36. The van der Waals surface area contributed by atoms with E-state index in [4.69, 9.17) is 39.1 Å². The van der Waals surface area contributed by atoms with Gasteiger partial charge in [0.15, 0.2) is 34.2 Å². The van der Waals surface area contributed by atoms with Gasteiger partial charge in [-0.25, -0.2) is 43.1 Å². The molecule has 700 valence electrons. The Morgan fingerprint density at radius 1 is 0.365 bits per heavy atom. The Balaban J connectivity index is 0.000000121. The molecule has 0 aliphatic heterocycles. The van der Waals surface area contributed by atoms with E-state index in [1.165, 1.54) is 110 Å². The molecule has 4 unspecified atom stereocenters. The molecule has 1 aliphatic carbocycles. The number of fused-ring (bicyclic) bond motifs is 8. The van der Waals surface area contributed by atoms with E-state index in [9.17, 15) is 13.2 Å². The van der Waals surface area contributed by atoms with Crippen LogP contribution in [0.4, 0.5) is 36.2 Å². The van der Waals surface area contributed by atoms with Gasteiger partial charge in [0.2, 0.25) is 0 Å². The van der Waals surface area contributed by atoms with E-state index >= 15 is 0 Å². The zero-order valence-corrected chi connectivity index (χ0v) is 78.5. The predicted octanol–water partition coefficient (Wildman–Crippen LogP) is 23.5. The number of pyridine rings is 6. The summed E-state index contributed by atoms with van der Waals surface area (Å²) >= 11 is 0. The summed E-state index contributed by atoms with van der Waals surface area (Å²) in [5.74, 6) is 2.25. The van der Waals surface area contributed by atoms with Crippen LogP contribution < -0.4 is 21.3 Å². The first-order valence-electron chi connectivity index (χ1n) is 47.3. The smallest absolute Gasteiger partial charge is 0.180 e. The topological polar surface area (TPSA) is 286 Å². The number of anilines is 4. The van der Waals surface area contributed by atoms with Crippen LogP contribution in [0.1, 0.15) is 160 Å². The summed E-state index contributed by atoms with van der Waals surface area (Å²) in [6, 6.07) is 44.2. The molecule has 1 fully saturated rings. The number of hydrogen-bond acceptors (Lipinski definition) is 17. The summed E-state index contributed by atoms with van der Waals surface area (Å²) in [6.07, 6.45) is 47.5. The van der Waals surface area contributed by atoms with Crippen molar-refractivity contribution in [2.24, 2.45) is 0 Å². The maximum absolute atomic E-state index is 14.0. The number of aromatic amines is 4. The van der Waals surface area contributed by atoms with E-state index in [1.54, 1.807) is 39.9 Å². The van der Waals surface area contributed by atoms with Crippen molar-refractivity contribution in [3.63, 3.8) is 0 Å². The Kier molecular flexibility index (Phi) is 29.2. The first kappa shape index (κ1) is 92.6. The molecular weight excluding hydrogens is 1720 g/mol. The normalized spacial score (nSPS) is 13.0. The Hall–Kier alpha value is -14.9. The molecule has 20 aromatic rings. The van der Waals surface area contributed by atoms with Crippen LogP contribution in [-0.4, -0.2) is 155 Å². The second kappa shape index (κ2) is 43.2. The van der Waals surface area contributed by atoms with Gasteiger partial charge in [0.25, 0.3) is 0 Å². The van der Waals surface area contributed by atoms with Crippen LogP contribution >= 0.6 is 0 Å². The number of nitrogens with one attached hydrogen (secondary N) is 8. The van der Waals surface area contributed by atoms with Crippen molar-refractivity contribution in [3.8, 4) is 44.8 Å². The van der Waals surface area contributed by atoms with Gasteiger partial charge in [0, 0.05) is 284 Å². The fraction of sp³-hybridized carbons (Fsp3) is 0.284. The SMILES string of the molecule is CCC(C)c1cnc2c(NCCc3c[nH]c4ccccc34)nc(-c3cncc(C4CC4)c3)cn12.COCCC(C)c1cnc2c(NCCc3c[nH]c4ccccc34)cc(-c3cncc(F)c3)cn12.COCCC(C)c1cnc2c(NCCc3c[nH]c4ccccc34)nc(-c3cncc(F)c3)cn12.COCCCC(C)c1cnc2c(NCCc3c[nH]c4ccccc34)cc(-c3cncc(F)c3)cn12. The molecule has 28 heteroatoms. The highest BCUT2D eigenvalue weighted by Crippen LogP contribution is 2.42. The van der Waals surface area contributed by atoms with Crippen LogP contribution in [0.3, 0.4) is 0 Å². The standard InChI is InChI=1S/C28H30FN5O.C28H30N6.C27H28FN5O.C26H27FN6O/c1-19(6-5-11-35-2)27-17-33-28-26(13-22(18-34(27)28)21-12-23(29)16-30-14-21)31-10-9-20-15-32-25-8-4-3-7-24(20)25;1-3-18(2)26-16-32-28-27(30-11-10-20-15-31-24-7-5-4-6-23(20)24)33-25(17-34(26)28)22-12-21(13-29-14-22)19-8-9-19;1-18(8-10-34-2)26-16-32-27-25(12-21(17-33(26)27)20-11-22(28)15-29-13-20)30-9-7-19-14-31-24-6-4-3-5-23(19)24;1-17(8-10-34-2)24-15-31-26-25(29-9-7-18-13-30-22-6-4-3-5-21(18)22)32-23(16-33(24)26)19-11-20(27)14-28-12-19/h3-4,7-8,12-19,31-32H,5-6,9-11H2,1-2H3;4-7,12-19,31H,3,8-11H2,1-2H3,(H,30,33);3-6,11-18,30-31H,7-10H2,1-2H3;3-6,11-17,30H,7-10H2,1-2H3,(H,29,32). The molecular formula is C109H115F3N22O3. The summed E-state index contributed by atoms with van der Waals surface area (Å²) in [5, 5.41) is 19.2. The second-order valence-electron chi connectivity index (χ2n) is 35.6. The average molecular weight is 1840 g/mol. The average Bonchev–Trinajstić information content (AvgIpc) is 1.63. The van der Waals surface area contributed by atoms with Gasteiger partial charge in [-0.3, -0.25) is 28.7 Å². The number of para-hydroxylation sites is 4. The molecule has 8 N–H and O–H groups in total. The van der Waals surface area contributed by atoms with E-state index in [0.29, 0.717) is 54.6 Å². The number of hydrogen-bond donors (Lipinski definition) is 8. The monoisotopic (exact) mass is 1840 g/mol. The van der Waals surface area contributed by atoms with E-state index in [-0.39, 0.29) is 23.5 Å². The molecule has 16 aromatic heterocycles. The zero-order chi connectivity index (χ0) is 94.3. The molecule has 0 amide bonds. The lowest BCUT2D eigenvalue weighted by molar-refractivity contribution is 0.188. The van der Waals surface area contributed by atoms with Crippen molar-refractivity contribution in [1.29, 1.82) is 0 Å². The fourth-order valence-electron chi connectivity index (χ4n) is 18.1. The van der Waals surface area contributed by atoms with Crippen molar-refractivity contribution in [2.75, 3.05) is 88.6 Å². The zero-order valence-electron chi connectivity index (χ0n) is 78.5. The molecule has 16 heterocycles. The lowest BCUT2D eigenvalue weighted by atomic mass is 10.0. The Morgan fingerprint density at radius 3 is 1.09 bits per heavy atom. The Morgan fingerprint density at radius 2 is 0.708 bits per heavy atom. The number of H-pyrrole nitrogens is 4. The van der Waals surface area contributed by atoms with Crippen LogP contribution in [0.5, 0.6) is 0 Å². The number of aromatic nitrogens is 18. The third-order valence-electron chi connectivity index (χ3n) is 26.1. The highest BCUT2D eigenvalue weighted by Gasteiger charge is 2.27. The van der Waals surface area contributed by atoms with E-state index in [2.05, 4.69) is 224 Å². The summed E-state index contributed by atoms with van der Waals surface area (Å²) in [7, 11) is 5.15. The highest BCUT2D eigenvalue weighted by molar-refractivity contribution is 5.87. The minimum atomic E-state index is -0.396. The van der Waals surface area contributed by atoms with Gasteiger partial charge < -0.3 is 64.2 Å². The first-order valence-corrected chi connectivity index (χ1v) is 47.3. The van der Waals surface area contributed by atoms with E-state index in [1.807, 2.05) is 96.6 Å². The van der Waals surface area contributed by atoms with Crippen LogP contribution in [0, 0.1) is 17.5 Å². The van der Waals surface area contributed by atoms with Crippen LogP contribution in [0.2, 0.25) is 0 Å². The minimum absolute atomic E-state index is 0.231. The van der Waals surface area contributed by atoms with Crippen molar-refractivity contribution in [1.82, 2.24) is 87.4 Å². The summed E-state index contributed by atoms with van der Waals surface area (Å²) in [6.45, 7) is 16.0. The quantitative estimate of drug-likeness (QED) is 0.0169. The van der Waals surface area contributed by atoms with Gasteiger partial charge >= 0.3 is 0 Å². The number of nitrogens with zero attached hydrogens (tertiary/aromatic N) is 14. The molecule has 0 spiro atoms. The molecule has 1 aliphatic rings. The van der Waals surface area contributed by atoms with Gasteiger partial charge in [-0.2, -0.15) is 0 Å². The van der Waals surface area contributed by atoms with E-state index in [0.717, 1.165) is 191 Å². The Labute approximate surface area is 793 Å². The van der Waals surface area contributed by atoms with Gasteiger partial charge in [0.05, 0.1) is 41.4 Å². The second-order valence-corrected chi connectivity index (χ2v) is 35.6. The fourth-order valence-corrected chi connectivity index (χ4v) is 18.1. The third-order valence-corrected chi connectivity index (χ3v) is 26.1. The van der Waals surface area contributed by atoms with Crippen LogP contribution in [0.25, 0.3) is 111 Å². The molecule has 137 heavy (non-hydrogen) atoms. The summed E-state index contributed by atoms with van der Waals surface area (Å²) < 4.78 is 66.1. The predicted molar refractivity (Wildman–Crippen MR) is 541 cm³/mol. The number of methoxy groups -OCH3 is 3. The van der Waals surface area contributed by atoms with Crippen LogP contribution in [0.15, 0.2) is 257 Å². The number of ether oxygens (including phenoxy) is 3. The van der Waals surface area contributed by atoms with E-state index < -0.39 is 5.82 Å². The van der Waals surface area contributed by atoms with Crippen molar-refractivity contribution in [3.05, 3.63) is 325 Å². The maximum atomic E-state index is 14.0. The van der Waals surface area contributed by atoms with Gasteiger partial charge in [-0.15, -0.1) is 0 Å². The summed E-state index contributed by atoms with van der Waals surface area (Å²) in [5.41, 5.74) is 27.1. The molecule has 4 atom stereocenters. The molecule has 0 radical (unpaired) electrons. The Bertz CT molecular complexity index is 7290. The van der Waals surface area contributed by atoms with Crippen molar-refractivity contribution >= 4 is 89.2 Å². The summed E-state index contributed by atoms with van der Waals surface area (Å²) in [4.78, 5) is 58.7. The maximum Gasteiger partial charge on any atom is 0.180 e. The lowest BCUT2D eigenvalue weighted by Gasteiger charge is -2.15. The van der Waals surface area contributed by atoms with Crippen molar-refractivity contribution in [2.45, 2.75) is 135 Å². The van der Waals surface area contributed by atoms with Gasteiger partial charge in [0.1, 0.15) is 17.5 Å². The molecule has 21 rings (SSSR count). The molecule has 0 saturated heterocycles. The first-order chi connectivity index (χ1) is 67.1. The van der Waals surface area contributed by atoms with Crippen molar-refractivity contribution < 1.29 is 27.4 Å². The van der Waals surface area contributed by atoms with Crippen LogP contribution in [-0.2, 0) is 39.9 Å². The highest BCUT2D eigenvalue weighted by atomic mass is 19.1. The molecule has 4 aromatic carbocycles. The third kappa shape index (κ3) is 21.4. The largest absolute Gasteiger partial charge is 0.385 e. The molecule has 25 nitrogen and oxygen atoms in total.